The Morgan fingerprint density at radius 1 is 1.32 bits per heavy atom. The predicted molar refractivity (Wildman–Crippen MR) is 72.9 cm³/mol. The Morgan fingerprint density at radius 3 is 3.00 bits per heavy atom. The van der Waals surface area contributed by atoms with Crippen molar-refractivity contribution < 1.29 is 14.6 Å². The first-order valence-electron chi connectivity index (χ1n) is 6.78. The number of hydrogen-bond acceptors (Lipinski definition) is 5. The molecule has 5 heteroatoms. The Labute approximate surface area is 113 Å². The molecule has 5 nitrogen and oxygen atoms in total. The highest BCUT2D eigenvalue weighted by Crippen LogP contribution is 2.35. The molecule has 2 N–H and O–H groups in total. The van der Waals surface area contributed by atoms with Crippen molar-refractivity contribution in [1.82, 2.24) is 5.32 Å². The lowest BCUT2D eigenvalue weighted by atomic mass is 10.1. The number of nitrogens with zero attached hydrogens (tertiary/aromatic N) is 1. The van der Waals surface area contributed by atoms with E-state index in [0.29, 0.717) is 18.9 Å². The van der Waals surface area contributed by atoms with Crippen LogP contribution in [0, 0.1) is 0 Å². The molecule has 2 atom stereocenters. The minimum absolute atomic E-state index is 0.222. The van der Waals surface area contributed by atoms with Crippen LogP contribution in [0.25, 0.3) is 0 Å². The van der Waals surface area contributed by atoms with E-state index < -0.39 is 0 Å². The number of rotatable bonds is 3. The fourth-order valence-corrected chi connectivity index (χ4v) is 2.80. The topological polar surface area (TPSA) is 54.0 Å². The highest BCUT2D eigenvalue weighted by atomic mass is 16.7. The average molecular weight is 264 g/mol. The van der Waals surface area contributed by atoms with Gasteiger partial charge in [-0.2, -0.15) is 0 Å². The third-order valence-corrected chi connectivity index (χ3v) is 3.65. The minimum atomic E-state index is 0.222. The van der Waals surface area contributed by atoms with Gasteiger partial charge in [-0.05, 0) is 25.5 Å². The van der Waals surface area contributed by atoms with E-state index in [4.69, 9.17) is 14.6 Å². The van der Waals surface area contributed by atoms with Crippen LogP contribution in [-0.4, -0.2) is 43.7 Å². The van der Waals surface area contributed by atoms with Crippen molar-refractivity contribution in [3.63, 3.8) is 0 Å². The van der Waals surface area contributed by atoms with Gasteiger partial charge in [0.05, 0.1) is 0 Å². The maximum Gasteiger partial charge on any atom is 0.231 e. The van der Waals surface area contributed by atoms with E-state index in [1.54, 1.807) is 0 Å². The lowest BCUT2D eigenvalue weighted by Gasteiger charge is -2.39. The summed E-state index contributed by atoms with van der Waals surface area (Å²) in [6, 6.07) is 6.82. The summed E-state index contributed by atoms with van der Waals surface area (Å²) in [5, 5.41) is 12.6. The number of hydrogen-bond donors (Lipinski definition) is 2. The summed E-state index contributed by atoms with van der Waals surface area (Å²) >= 11 is 0. The van der Waals surface area contributed by atoms with Gasteiger partial charge in [0, 0.05) is 43.5 Å². The van der Waals surface area contributed by atoms with Gasteiger partial charge < -0.3 is 24.8 Å². The molecule has 0 radical (unpaired) electrons. The first-order valence-corrected chi connectivity index (χ1v) is 6.78. The largest absolute Gasteiger partial charge is 0.454 e. The van der Waals surface area contributed by atoms with Crippen LogP contribution >= 0.6 is 0 Å². The van der Waals surface area contributed by atoms with Gasteiger partial charge in [0.25, 0.3) is 0 Å². The Bertz CT molecular complexity index is 452. The second-order valence-electron chi connectivity index (χ2n) is 5.22. The van der Waals surface area contributed by atoms with E-state index in [-0.39, 0.29) is 6.61 Å². The number of ether oxygens (including phenoxy) is 2. The molecule has 0 saturated carbocycles. The Morgan fingerprint density at radius 2 is 2.16 bits per heavy atom. The van der Waals surface area contributed by atoms with E-state index in [1.165, 1.54) is 0 Å². The zero-order valence-corrected chi connectivity index (χ0v) is 11.1. The molecule has 2 unspecified atom stereocenters. The molecule has 0 spiro atoms. The van der Waals surface area contributed by atoms with Crippen LogP contribution in [0.15, 0.2) is 18.2 Å². The van der Waals surface area contributed by atoms with Crippen molar-refractivity contribution >= 4 is 5.69 Å². The van der Waals surface area contributed by atoms with Crippen molar-refractivity contribution in [2.45, 2.75) is 25.4 Å². The zero-order valence-electron chi connectivity index (χ0n) is 11.1. The maximum atomic E-state index is 9.09. The molecule has 2 aliphatic rings. The van der Waals surface area contributed by atoms with E-state index in [0.717, 1.165) is 36.7 Å². The molecule has 1 fully saturated rings. The van der Waals surface area contributed by atoms with Crippen LogP contribution in [0.2, 0.25) is 0 Å². The molecule has 1 aromatic rings. The normalized spacial score (nSPS) is 25.7. The first-order chi connectivity index (χ1) is 9.26. The van der Waals surface area contributed by atoms with Crippen molar-refractivity contribution in [3.8, 4) is 11.5 Å². The zero-order chi connectivity index (χ0) is 13.2. The molecule has 19 heavy (non-hydrogen) atoms. The fourth-order valence-electron chi connectivity index (χ4n) is 2.80. The molecule has 104 valence electrons. The van der Waals surface area contributed by atoms with Crippen molar-refractivity contribution in [1.29, 1.82) is 0 Å². The van der Waals surface area contributed by atoms with E-state index in [1.807, 2.05) is 12.1 Å². The van der Waals surface area contributed by atoms with E-state index in [9.17, 15) is 0 Å². The van der Waals surface area contributed by atoms with Gasteiger partial charge in [0.1, 0.15) is 0 Å². The summed E-state index contributed by atoms with van der Waals surface area (Å²) < 4.78 is 10.8. The third-order valence-electron chi connectivity index (χ3n) is 3.65. The smallest absolute Gasteiger partial charge is 0.231 e. The van der Waals surface area contributed by atoms with Gasteiger partial charge in [-0.15, -0.1) is 0 Å². The predicted octanol–water partition coefficient (Wildman–Crippen LogP) is 0.964. The SMILES string of the molecule is CC1CN(c2ccc3c(c2)OCO3)CC(CCO)N1. The molecule has 3 rings (SSSR count). The number of nitrogens with one attached hydrogen (secondary N) is 1. The summed E-state index contributed by atoms with van der Waals surface area (Å²) in [5.74, 6) is 1.64. The van der Waals surface area contributed by atoms with Crippen molar-refractivity contribution in [2.24, 2.45) is 0 Å². The molecule has 0 amide bonds. The highest BCUT2D eigenvalue weighted by Gasteiger charge is 2.25. The van der Waals surface area contributed by atoms with Crippen molar-refractivity contribution in [3.05, 3.63) is 18.2 Å². The van der Waals surface area contributed by atoms with E-state index >= 15 is 0 Å². The van der Waals surface area contributed by atoms with Gasteiger partial charge in [-0.25, -0.2) is 0 Å². The average Bonchev–Trinajstić information content (AvgIpc) is 2.85. The quantitative estimate of drug-likeness (QED) is 0.852. The molecule has 0 aliphatic carbocycles. The molecular weight excluding hydrogens is 244 g/mol. The van der Waals surface area contributed by atoms with Crippen LogP contribution in [0.4, 0.5) is 5.69 Å². The van der Waals surface area contributed by atoms with Crippen LogP contribution in [0.3, 0.4) is 0 Å². The fraction of sp³-hybridized carbons (Fsp3) is 0.571. The monoisotopic (exact) mass is 264 g/mol. The minimum Gasteiger partial charge on any atom is -0.454 e. The van der Waals surface area contributed by atoms with Crippen LogP contribution in [-0.2, 0) is 0 Å². The number of piperazine rings is 1. The molecule has 0 bridgehead atoms. The Kier molecular flexibility index (Phi) is 3.48. The molecule has 2 aliphatic heterocycles. The third kappa shape index (κ3) is 2.62. The summed E-state index contributed by atoms with van der Waals surface area (Å²) in [5.41, 5.74) is 1.15. The number of aliphatic hydroxyl groups is 1. The van der Waals surface area contributed by atoms with Crippen LogP contribution in [0.1, 0.15) is 13.3 Å². The summed E-state index contributed by atoms with van der Waals surface area (Å²) in [7, 11) is 0. The Balaban J connectivity index is 1.77. The van der Waals surface area contributed by atoms with Gasteiger partial charge in [-0.1, -0.05) is 0 Å². The van der Waals surface area contributed by atoms with E-state index in [2.05, 4.69) is 23.2 Å². The van der Waals surface area contributed by atoms with Crippen molar-refractivity contribution in [2.75, 3.05) is 31.4 Å². The number of benzene rings is 1. The second-order valence-corrected chi connectivity index (χ2v) is 5.22. The molecule has 1 saturated heterocycles. The molecule has 2 heterocycles. The number of aliphatic hydroxyl groups excluding tert-OH is 1. The maximum absolute atomic E-state index is 9.09. The Hall–Kier alpha value is -1.46. The summed E-state index contributed by atoms with van der Waals surface area (Å²) in [6.45, 7) is 4.57. The van der Waals surface area contributed by atoms with Crippen LogP contribution < -0.4 is 19.7 Å². The molecule has 1 aromatic carbocycles. The number of fused-ring (bicyclic) bond motifs is 1. The molecule has 0 aromatic heterocycles. The lowest BCUT2D eigenvalue weighted by molar-refractivity contribution is 0.174. The standard InChI is InChI=1S/C14H20N2O3/c1-10-7-16(8-11(15-10)4-5-17)12-2-3-13-14(6-12)19-9-18-13/h2-3,6,10-11,15,17H,4-5,7-9H2,1H3. The summed E-state index contributed by atoms with van der Waals surface area (Å²) in [4.78, 5) is 2.34. The highest BCUT2D eigenvalue weighted by molar-refractivity contribution is 5.57. The van der Waals surface area contributed by atoms with Gasteiger partial charge >= 0.3 is 0 Å². The summed E-state index contributed by atoms with van der Waals surface area (Å²) in [6.07, 6.45) is 0.783. The van der Waals surface area contributed by atoms with Gasteiger partial charge in [-0.3, -0.25) is 0 Å². The van der Waals surface area contributed by atoms with Crippen LogP contribution in [0.5, 0.6) is 11.5 Å². The second kappa shape index (κ2) is 5.27. The van der Waals surface area contributed by atoms with Gasteiger partial charge in [0.15, 0.2) is 11.5 Å². The lowest BCUT2D eigenvalue weighted by Crippen LogP contribution is -2.55. The first kappa shape index (κ1) is 12.6. The molecular formula is C14H20N2O3. The van der Waals surface area contributed by atoms with Gasteiger partial charge in [0.2, 0.25) is 6.79 Å². The number of anilines is 1.